The molecule has 0 saturated heterocycles. The second-order valence-corrected chi connectivity index (χ2v) is 9.65. The fourth-order valence-electron chi connectivity index (χ4n) is 3.04. The normalized spacial score (nSPS) is 10.9. The van der Waals surface area contributed by atoms with Gasteiger partial charge in [0, 0.05) is 24.9 Å². The van der Waals surface area contributed by atoms with E-state index >= 15 is 0 Å². The number of hydrogen-bond acceptors (Lipinski definition) is 10. The number of pyridine rings is 1. The van der Waals surface area contributed by atoms with Gasteiger partial charge in [0.25, 0.3) is 0 Å². The summed E-state index contributed by atoms with van der Waals surface area (Å²) in [5.74, 6) is 0.520. The second kappa shape index (κ2) is 13.9. The van der Waals surface area contributed by atoms with Crippen LogP contribution >= 0.6 is 0 Å². The smallest absolute Gasteiger partial charge is 0.177 e. The molecule has 0 saturated carbocycles. The van der Waals surface area contributed by atoms with E-state index in [9.17, 15) is 13.7 Å². The van der Waals surface area contributed by atoms with Crippen LogP contribution in [-0.4, -0.2) is 56.2 Å². The van der Waals surface area contributed by atoms with E-state index in [1.54, 1.807) is 19.1 Å². The van der Waals surface area contributed by atoms with Crippen molar-refractivity contribution in [2.75, 3.05) is 43.2 Å². The van der Waals surface area contributed by atoms with Crippen LogP contribution in [0.5, 0.6) is 0 Å². The summed E-state index contributed by atoms with van der Waals surface area (Å²) in [7, 11) is -3.51. The molecule has 10 nitrogen and oxygen atoms in total. The van der Waals surface area contributed by atoms with Gasteiger partial charge in [0.1, 0.15) is 23.3 Å². The summed E-state index contributed by atoms with van der Waals surface area (Å²) in [5, 5.41) is 41.7. The number of anilines is 2. The quantitative estimate of drug-likeness (QED) is 0.315. The molecule has 0 aliphatic carbocycles. The van der Waals surface area contributed by atoms with E-state index in [-0.39, 0.29) is 59.8 Å². The summed E-state index contributed by atoms with van der Waals surface area (Å²) in [6, 6.07) is 18.5. The topological polar surface area (TPSA) is 160 Å². The number of nitriles is 1. The van der Waals surface area contributed by atoms with Gasteiger partial charge in [0.2, 0.25) is 0 Å². The Hall–Kier alpha value is -3.85. The molecule has 0 aliphatic heterocycles. The molecule has 0 atom stereocenters. The van der Waals surface area contributed by atoms with Crippen molar-refractivity contribution in [3.05, 3.63) is 71.3 Å². The Balaban J connectivity index is 0.000000558. The lowest BCUT2D eigenvalue weighted by Gasteiger charge is -2.15. The fraction of sp³-hybridized carbons (Fsp3) is 0.280. The van der Waals surface area contributed by atoms with E-state index in [0.717, 1.165) is 6.26 Å². The highest BCUT2D eigenvalue weighted by Crippen LogP contribution is 2.35. The number of aliphatic hydroxyl groups is 2. The molecule has 4 N–H and O–H groups in total. The van der Waals surface area contributed by atoms with Gasteiger partial charge in [-0.15, -0.1) is 10.2 Å². The maximum atomic E-state index is 12.0. The first-order chi connectivity index (χ1) is 17.2. The molecule has 11 heteroatoms. The largest absolute Gasteiger partial charge is 0.395 e. The molecule has 0 aliphatic rings. The third-order valence-corrected chi connectivity index (χ3v) is 5.94. The van der Waals surface area contributed by atoms with Crippen LogP contribution in [0.1, 0.15) is 16.7 Å². The van der Waals surface area contributed by atoms with Gasteiger partial charge in [-0.3, -0.25) is 0 Å². The van der Waals surface area contributed by atoms with Gasteiger partial charge in [-0.1, -0.05) is 48.0 Å². The van der Waals surface area contributed by atoms with Gasteiger partial charge in [-0.25, -0.2) is 13.4 Å². The summed E-state index contributed by atoms with van der Waals surface area (Å²) in [6.07, 6.45) is 1.08. The molecular formula is C25H30N6O4S. The minimum Gasteiger partial charge on any atom is -0.395 e. The summed E-state index contributed by atoms with van der Waals surface area (Å²) in [5.41, 5.74) is 2.40. The van der Waals surface area contributed by atoms with Crippen molar-refractivity contribution in [1.82, 2.24) is 4.98 Å². The van der Waals surface area contributed by atoms with Gasteiger partial charge in [-0.2, -0.15) is 5.26 Å². The lowest BCUT2D eigenvalue weighted by Crippen LogP contribution is -2.13. The van der Waals surface area contributed by atoms with Crippen LogP contribution in [0.2, 0.25) is 0 Å². The standard InChI is InChI=1S/C18H22N6O4S.C7H8/c1-12-13(11-19)17(20-7-9-25)22-18(21-8-10-26)16(12)24-23-14-5-3-4-6-15(14)29(2,27)28;1-7-5-3-2-4-6-7/h3-6,25-26H,7-10H2,1-2H3,(H2,20,21,22);2-6H,1H3. The number of hydrogen-bond donors (Lipinski definition) is 4. The average Bonchev–Trinajstić information content (AvgIpc) is 2.86. The van der Waals surface area contributed by atoms with E-state index in [4.69, 9.17) is 10.2 Å². The number of sulfone groups is 1. The first kappa shape index (κ1) is 28.4. The average molecular weight is 511 g/mol. The van der Waals surface area contributed by atoms with Crippen LogP contribution in [0.25, 0.3) is 0 Å². The number of nitrogens with one attached hydrogen (secondary N) is 2. The Morgan fingerprint density at radius 3 is 2.03 bits per heavy atom. The molecule has 0 unspecified atom stereocenters. The Bertz CT molecular complexity index is 1320. The first-order valence-electron chi connectivity index (χ1n) is 11.1. The Kier molecular flexibility index (Phi) is 11.0. The van der Waals surface area contributed by atoms with Crippen molar-refractivity contribution in [3.63, 3.8) is 0 Å². The number of aromatic nitrogens is 1. The van der Waals surface area contributed by atoms with Crippen LogP contribution in [0, 0.1) is 25.2 Å². The van der Waals surface area contributed by atoms with E-state index in [1.807, 2.05) is 24.3 Å². The number of rotatable bonds is 9. The number of azo groups is 1. The first-order valence-corrected chi connectivity index (χ1v) is 13.0. The van der Waals surface area contributed by atoms with E-state index in [2.05, 4.69) is 44.9 Å². The molecule has 0 radical (unpaired) electrons. The minimum absolute atomic E-state index is 0.0287. The maximum Gasteiger partial charge on any atom is 0.177 e. The summed E-state index contributed by atoms with van der Waals surface area (Å²) < 4.78 is 23.9. The predicted molar refractivity (Wildman–Crippen MR) is 140 cm³/mol. The summed E-state index contributed by atoms with van der Waals surface area (Å²) in [6.45, 7) is 3.82. The van der Waals surface area contributed by atoms with Gasteiger partial charge >= 0.3 is 0 Å². The van der Waals surface area contributed by atoms with Crippen LogP contribution in [0.3, 0.4) is 0 Å². The van der Waals surface area contributed by atoms with Crippen LogP contribution in [-0.2, 0) is 9.84 Å². The van der Waals surface area contributed by atoms with Gasteiger partial charge < -0.3 is 20.8 Å². The molecule has 3 aromatic rings. The Morgan fingerprint density at radius 1 is 0.917 bits per heavy atom. The number of nitrogens with zero attached hydrogens (tertiary/aromatic N) is 4. The van der Waals surface area contributed by atoms with E-state index in [1.165, 1.54) is 17.7 Å². The van der Waals surface area contributed by atoms with Crippen molar-refractivity contribution >= 4 is 32.8 Å². The predicted octanol–water partition coefficient (Wildman–Crippen LogP) is 3.88. The van der Waals surface area contributed by atoms with E-state index in [0.29, 0.717) is 5.56 Å². The monoisotopic (exact) mass is 510 g/mol. The molecule has 0 spiro atoms. The lowest BCUT2D eigenvalue weighted by atomic mass is 10.1. The van der Waals surface area contributed by atoms with E-state index < -0.39 is 9.84 Å². The molecule has 36 heavy (non-hydrogen) atoms. The zero-order chi connectivity index (χ0) is 26.6. The molecule has 0 amide bonds. The summed E-state index contributed by atoms with van der Waals surface area (Å²) in [4.78, 5) is 4.35. The number of aryl methyl sites for hydroxylation is 1. The number of benzene rings is 2. The molecule has 0 fully saturated rings. The molecule has 3 rings (SSSR count). The summed E-state index contributed by atoms with van der Waals surface area (Å²) >= 11 is 0. The van der Waals surface area contributed by atoms with Crippen molar-refractivity contribution in [1.29, 1.82) is 5.26 Å². The van der Waals surface area contributed by atoms with Gasteiger partial charge in [-0.05, 0) is 26.0 Å². The zero-order valence-corrected chi connectivity index (χ0v) is 21.2. The third kappa shape index (κ3) is 8.13. The van der Waals surface area contributed by atoms with Crippen LogP contribution in [0.4, 0.5) is 23.0 Å². The SMILES string of the molecule is Cc1c(C#N)c(NCCO)nc(NCCO)c1N=Nc1ccccc1S(C)(=O)=O.Cc1ccccc1. The number of aliphatic hydroxyl groups excluding tert-OH is 2. The maximum absolute atomic E-state index is 12.0. The van der Waals surface area contributed by atoms with Crippen molar-refractivity contribution in [3.8, 4) is 6.07 Å². The molecule has 1 aromatic heterocycles. The van der Waals surface area contributed by atoms with Crippen molar-refractivity contribution in [2.45, 2.75) is 18.7 Å². The Morgan fingerprint density at radius 2 is 1.50 bits per heavy atom. The molecule has 190 valence electrons. The highest BCUT2D eigenvalue weighted by atomic mass is 32.2. The van der Waals surface area contributed by atoms with Gasteiger partial charge in [0.05, 0.1) is 23.7 Å². The Labute approximate surface area is 211 Å². The van der Waals surface area contributed by atoms with Crippen LogP contribution in [0.15, 0.2) is 69.7 Å². The van der Waals surface area contributed by atoms with Crippen molar-refractivity contribution < 1.29 is 18.6 Å². The van der Waals surface area contributed by atoms with Gasteiger partial charge in [0.15, 0.2) is 15.7 Å². The molecule has 1 heterocycles. The highest BCUT2D eigenvalue weighted by molar-refractivity contribution is 7.90. The molecular weight excluding hydrogens is 480 g/mol. The highest BCUT2D eigenvalue weighted by Gasteiger charge is 2.18. The van der Waals surface area contributed by atoms with Crippen LogP contribution < -0.4 is 10.6 Å². The second-order valence-electron chi connectivity index (χ2n) is 7.66. The van der Waals surface area contributed by atoms with Crippen molar-refractivity contribution in [2.24, 2.45) is 10.2 Å². The fourth-order valence-corrected chi connectivity index (χ4v) is 3.86. The lowest BCUT2D eigenvalue weighted by molar-refractivity contribution is 0.311. The molecule has 0 bridgehead atoms. The molecule has 2 aromatic carbocycles. The minimum atomic E-state index is -3.51. The third-order valence-electron chi connectivity index (χ3n) is 4.80. The zero-order valence-electron chi connectivity index (χ0n) is 20.4.